The minimum absolute atomic E-state index is 0.463. The first-order chi connectivity index (χ1) is 11.8. The van der Waals surface area contributed by atoms with Gasteiger partial charge in [-0.05, 0) is 44.4 Å². The van der Waals surface area contributed by atoms with E-state index in [0.717, 1.165) is 43.7 Å². The van der Waals surface area contributed by atoms with Crippen molar-refractivity contribution < 1.29 is 0 Å². The highest BCUT2D eigenvalue weighted by molar-refractivity contribution is 5.79. The Morgan fingerprint density at radius 1 is 1.12 bits per heavy atom. The molecule has 0 spiro atoms. The van der Waals surface area contributed by atoms with Crippen LogP contribution in [-0.4, -0.2) is 33.8 Å². The lowest BCUT2D eigenvalue weighted by molar-refractivity contribution is 0.283. The van der Waals surface area contributed by atoms with Crippen LogP contribution < -0.4 is 10.6 Å². The molecule has 1 aromatic rings. The van der Waals surface area contributed by atoms with E-state index in [4.69, 9.17) is 4.99 Å². The fourth-order valence-corrected chi connectivity index (χ4v) is 4.03. The van der Waals surface area contributed by atoms with Crippen LogP contribution in [0.15, 0.2) is 4.99 Å². The first kappa shape index (κ1) is 17.2. The molecule has 0 unspecified atom stereocenters. The summed E-state index contributed by atoms with van der Waals surface area (Å²) in [5.41, 5.74) is 0.463. The van der Waals surface area contributed by atoms with E-state index in [-0.39, 0.29) is 0 Å². The number of hydrogen-bond donors (Lipinski definition) is 2. The Balaban J connectivity index is 1.62. The van der Waals surface area contributed by atoms with Crippen LogP contribution in [0.1, 0.15) is 70.4 Å². The molecule has 1 saturated carbocycles. The number of nitrogens with zero attached hydrogens (tertiary/aromatic N) is 4. The molecular formula is C18H32N6. The average Bonchev–Trinajstić information content (AvgIpc) is 3.25. The summed E-state index contributed by atoms with van der Waals surface area (Å²) in [6.07, 6.45) is 10.2. The summed E-state index contributed by atoms with van der Waals surface area (Å²) in [6, 6.07) is 0. The average molecular weight is 332 g/mol. The molecule has 6 nitrogen and oxygen atoms in total. The number of aliphatic imine (C=N–C) groups is 1. The third-order valence-electron chi connectivity index (χ3n) is 5.70. The van der Waals surface area contributed by atoms with Crippen molar-refractivity contribution in [2.45, 2.75) is 78.3 Å². The number of hydrogen-bond acceptors (Lipinski definition) is 3. The molecular weight excluding hydrogens is 300 g/mol. The third kappa shape index (κ3) is 3.90. The molecule has 1 aliphatic heterocycles. The van der Waals surface area contributed by atoms with E-state index in [9.17, 15) is 0 Å². The van der Waals surface area contributed by atoms with Crippen LogP contribution in [0.3, 0.4) is 0 Å². The van der Waals surface area contributed by atoms with Crippen LogP contribution in [0.2, 0.25) is 0 Å². The minimum Gasteiger partial charge on any atom is -0.357 e. The Morgan fingerprint density at radius 3 is 2.71 bits per heavy atom. The molecule has 2 N–H and O–H groups in total. The van der Waals surface area contributed by atoms with Crippen LogP contribution >= 0.6 is 0 Å². The van der Waals surface area contributed by atoms with Gasteiger partial charge < -0.3 is 15.2 Å². The van der Waals surface area contributed by atoms with E-state index >= 15 is 0 Å². The second-order valence-corrected chi connectivity index (χ2v) is 7.25. The molecule has 0 radical (unpaired) electrons. The first-order valence-corrected chi connectivity index (χ1v) is 9.69. The number of aryl methyl sites for hydroxylation is 1. The lowest BCUT2D eigenvalue weighted by Crippen LogP contribution is -2.43. The molecule has 1 aliphatic carbocycles. The zero-order chi connectivity index (χ0) is 16.8. The van der Waals surface area contributed by atoms with Crippen molar-refractivity contribution in [3.63, 3.8) is 0 Å². The molecule has 2 heterocycles. The van der Waals surface area contributed by atoms with Gasteiger partial charge in [0.05, 0.1) is 0 Å². The van der Waals surface area contributed by atoms with Crippen molar-refractivity contribution in [3.05, 3.63) is 11.6 Å². The summed E-state index contributed by atoms with van der Waals surface area (Å²) in [6.45, 7) is 7.97. The predicted octanol–water partition coefficient (Wildman–Crippen LogP) is 2.64. The quantitative estimate of drug-likeness (QED) is 0.621. The highest BCUT2D eigenvalue weighted by Gasteiger charge is 2.31. The molecule has 0 atom stereocenters. The van der Waals surface area contributed by atoms with Gasteiger partial charge in [-0.1, -0.05) is 19.8 Å². The summed E-state index contributed by atoms with van der Waals surface area (Å²) in [4.78, 5) is 4.76. The monoisotopic (exact) mass is 332 g/mol. The van der Waals surface area contributed by atoms with Crippen LogP contribution in [0.4, 0.5) is 0 Å². The van der Waals surface area contributed by atoms with Gasteiger partial charge in [0.1, 0.15) is 12.4 Å². The van der Waals surface area contributed by atoms with E-state index in [1.54, 1.807) is 0 Å². The molecule has 0 aromatic carbocycles. The zero-order valence-electron chi connectivity index (χ0n) is 15.3. The normalized spacial score (nSPS) is 20.0. The van der Waals surface area contributed by atoms with E-state index in [1.165, 1.54) is 44.9 Å². The SMILES string of the molecule is CCNC(=NCc1nnc2n1CCCC2)NCC1(CC)CCCC1. The molecule has 2 aliphatic rings. The molecule has 0 amide bonds. The minimum atomic E-state index is 0.463. The summed E-state index contributed by atoms with van der Waals surface area (Å²) < 4.78 is 2.25. The highest BCUT2D eigenvalue weighted by atomic mass is 15.3. The Morgan fingerprint density at radius 2 is 1.96 bits per heavy atom. The van der Waals surface area contributed by atoms with Gasteiger partial charge >= 0.3 is 0 Å². The Kier molecular flexibility index (Phi) is 5.74. The zero-order valence-corrected chi connectivity index (χ0v) is 15.3. The van der Waals surface area contributed by atoms with Crippen LogP contribution in [0.25, 0.3) is 0 Å². The first-order valence-electron chi connectivity index (χ1n) is 9.69. The van der Waals surface area contributed by atoms with Gasteiger partial charge in [-0.15, -0.1) is 10.2 Å². The van der Waals surface area contributed by atoms with Gasteiger partial charge in [0.15, 0.2) is 11.8 Å². The molecule has 0 bridgehead atoms. The van der Waals surface area contributed by atoms with E-state index in [0.29, 0.717) is 12.0 Å². The second kappa shape index (κ2) is 7.99. The smallest absolute Gasteiger partial charge is 0.191 e. The van der Waals surface area contributed by atoms with Crippen molar-refractivity contribution >= 4 is 5.96 Å². The molecule has 3 rings (SSSR count). The number of guanidine groups is 1. The summed E-state index contributed by atoms with van der Waals surface area (Å²) >= 11 is 0. The van der Waals surface area contributed by atoms with Crippen molar-refractivity contribution in [1.29, 1.82) is 0 Å². The summed E-state index contributed by atoms with van der Waals surface area (Å²) in [7, 11) is 0. The molecule has 1 aromatic heterocycles. The van der Waals surface area contributed by atoms with Gasteiger partial charge in [0, 0.05) is 26.1 Å². The van der Waals surface area contributed by atoms with Crippen molar-refractivity contribution in [2.24, 2.45) is 10.4 Å². The summed E-state index contributed by atoms with van der Waals surface area (Å²) in [5, 5.41) is 15.6. The topological polar surface area (TPSA) is 67.1 Å². The predicted molar refractivity (Wildman–Crippen MR) is 97.0 cm³/mol. The van der Waals surface area contributed by atoms with Gasteiger partial charge in [0.25, 0.3) is 0 Å². The third-order valence-corrected chi connectivity index (χ3v) is 5.70. The van der Waals surface area contributed by atoms with E-state index in [2.05, 4.69) is 39.2 Å². The number of fused-ring (bicyclic) bond motifs is 1. The number of aromatic nitrogens is 3. The Bertz CT molecular complexity index is 556. The van der Waals surface area contributed by atoms with Crippen LogP contribution in [0, 0.1) is 5.41 Å². The van der Waals surface area contributed by atoms with Crippen LogP contribution in [-0.2, 0) is 19.5 Å². The fourth-order valence-electron chi connectivity index (χ4n) is 4.03. The van der Waals surface area contributed by atoms with Gasteiger partial charge in [-0.3, -0.25) is 0 Å². The largest absolute Gasteiger partial charge is 0.357 e. The van der Waals surface area contributed by atoms with Crippen molar-refractivity contribution in [2.75, 3.05) is 13.1 Å². The lowest BCUT2D eigenvalue weighted by Gasteiger charge is -2.28. The molecule has 6 heteroatoms. The van der Waals surface area contributed by atoms with Crippen molar-refractivity contribution in [3.8, 4) is 0 Å². The maximum absolute atomic E-state index is 4.76. The highest BCUT2D eigenvalue weighted by Crippen LogP contribution is 2.40. The molecule has 134 valence electrons. The second-order valence-electron chi connectivity index (χ2n) is 7.25. The number of nitrogens with one attached hydrogen (secondary N) is 2. The van der Waals surface area contributed by atoms with E-state index < -0.39 is 0 Å². The van der Waals surface area contributed by atoms with Crippen LogP contribution in [0.5, 0.6) is 0 Å². The Labute approximate surface area is 145 Å². The summed E-state index contributed by atoms with van der Waals surface area (Å²) in [5.74, 6) is 3.03. The van der Waals surface area contributed by atoms with Gasteiger partial charge in [-0.25, -0.2) is 4.99 Å². The molecule has 24 heavy (non-hydrogen) atoms. The van der Waals surface area contributed by atoms with Crippen molar-refractivity contribution in [1.82, 2.24) is 25.4 Å². The Hall–Kier alpha value is -1.59. The van der Waals surface area contributed by atoms with Gasteiger partial charge in [0.2, 0.25) is 0 Å². The maximum atomic E-state index is 4.76. The maximum Gasteiger partial charge on any atom is 0.191 e. The van der Waals surface area contributed by atoms with Gasteiger partial charge in [-0.2, -0.15) is 0 Å². The number of rotatable bonds is 6. The molecule has 0 saturated heterocycles. The molecule has 1 fully saturated rings. The standard InChI is InChI=1S/C18H32N6/c1-3-18(10-6-7-11-18)14-21-17(19-4-2)20-13-16-23-22-15-9-5-8-12-24(15)16/h3-14H2,1-2H3,(H2,19,20,21). The van der Waals surface area contributed by atoms with E-state index in [1.807, 2.05) is 0 Å². The fraction of sp³-hybridized carbons (Fsp3) is 0.833. The lowest BCUT2D eigenvalue weighted by atomic mass is 9.83.